The van der Waals surface area contributed by atoms with Crippen molar-refractivity contribution in [2.75, 3.05) is 16.8 Å². The molecule has 182 valence electrons. The summed E-state index contributed by atoms with van der Waals surface area (Å²) < 4.78 is 38.7. The van der Waals surface area contributed by atoms with Gasteiger partial charge in [0.25, 0.3) is 5.91 Å². The van der Waals surface area contributed by atoms with Crippen molar-refractivity contribution in [2.45, 2.75) is 19.7 Å². The van der Waals surface area contributed by atoms with Gasteiger partial charge in [0.2, 0.25) is 0 Å². The van der Waals surface area contributed by atoms with Gasteiger partial charge in [-0.3, -0.25) is 9.69 Å². The summed E-state index contributed by atoms with van der Waals surface area (Å²) in [4.78, 5) is 15.2. The summed E-state index contributed by atoms with van der Waals surface area (Å²) in [5, 5.41) is 3.44. The summed E-state index contributed by atoms with van der Waals surface area (Å²) in [5.41, 5.74) is 3.38. The van der Waals surface area contributed by atoms with Crippen LogP contribution in [-0.4, -0.2) is 12.5 Å². The van der Waals surface area contributed by atoms with Crippen LogP contribution in [0, 0.1) is 11.6 Å². The highest BCUT2D eigenvalue weighted by atomic mass is 19.1. The summed E-state index contributed by atoms with van der Waals surface area (Å²) >= 11 is 0. The van der Waals surface area contributed by atoms with Gasteiger partial charge in [0, 0.05) is 11.4 Å². The molecule has 0 radical (unpaired) electrons. The Morgan fingerprint density at radius 1 is 0.833 bits per heavy atom. The Bertz CT molecular complexity index is 1370. The number of rotatable bonds is 7. The molecule has 0 saturated heterocycles. The molecule has 1 aliphatic heterocycles. The lowest BCUT2D eigenvalue weighted by atomic mass is 10.0. The smallest absolute Gasteiger partial charge is 0.262 e. The number of nitrogens with zero attached hydrogens (tertiary/aromatic N) is 1. The summed E-state index contributed by atoms with van der Waals surface area (Å²) in [5.74, 6) is 0.162. The zero-order valence-corrected chi connectivity index (χ0v) is 19.6. The molecule has 0 bridgehead atoms. The molecule has 1 amide bonds. The number of ether oxygens (including phenoxy) is 2. The second-order valence-corrected chi connectivity index (χ2v) is 8.30. The van der Waals surface area contributed by atoms with Gasteiger partial charge in [-0.15, -0.1) is 0 Å². The van der Waals surface area contributed by atoms with Crippen molar-refractivity contribution in [2.24, 2.45) is 0 Å². The molecule has 1 atom stereocenters. The van der Waals surface area contributed by atoms with Gasteiger partial charge in [0.15, 0.2) is 11.5 Å². The highest BCUT2D eigenvalue weighted by Crippen LogP contribution is 2.39. The van der Waals surface area contributed by atoms with E-state index in [-0.39, 0.29) is 24.1 Å². The van der Waals surface area contributed by atoms with Crippen molar-refractivity contribution in [3.8, 4) is 11.5 Å². The zero-order chi connectivity index (χ0) is 25.1. The molecular formula is C29H24F2N2O3. The number of halogens is 2. The molecule has 0 saturated carbocycles. The number of carbonyl (C=O) groups is 1. The van der Waals surface area contributed by atoms with Crippen molar-refractivity contribution in [1.29, 1.82) is 0 Å². The largest absolute Gasteiger partial charge is 0.490 e. The van der Waals surface area contributed by atoms with E-state index >= 15 is 0 Å². The van der Waals surface area contributed by atoms with Crippen LogP contribution in [0.25, 0.3) is 0 Å². The van der Waals surface area contributed by atoms with Crippen LogP contribution in [0.5, 0.6) is 11.5 Å². The molecular weight excluding hydrogens is 462 g/mol. The van der Waals surface area contributed by atoms with Crippen LogP contribution in [0.1, 0.15) is 34.6 Å². The lowest BCUT2D eigenvalue weighted by molar-refractivity contribution is 0.0974. The van der Waals surface area contributed by atoms with E-state index in [9.17, 15) is 13.6 Å². The lowest BCUT2D eigenvalue weighted by Crippen LogP contribution is -2.43. The third-order valence-electron chi connectivity index (χ3n) is 5.92. The highest BCUT2D eigenvalue weighted by Gasteiger charge is 2.34. The normalized spacial score (nSPS) is 14.7. The summed E-state index contributed by atoms with van der Waals surface area (Å²) in [6.07, 6.45) is -0.566. The van der Waals surface area contributed by atoms with Gasteiger partial charge >= 0.3 is 0 Å². The maximum Gasteiger partial charge on any atom is 0.262 e. The van der Waals surface area contributed by atoms with Gasteiger partial charge in [-0.2, -0.15) is 0 Å². The molecule has 0 aliphatic carbocycles. The predicted octanol–water partition coefficient (Wildman–Crippen LogP) is 6.71. The lowest BCUT2D eigenvalue weighted by Gasteiger charge is -2.38. The van der Waals surface area contributed by atoms with E-state index in [4.69, 9.17) is 9.47 Å². The fourth-order valence-electron chi connectivity index (χ4n) is 4.18. The van der Waals surface area contributed by atoms with Crippen LogP contribution in [-0.2, 0) is 6.61 Å². The van der Waals surface area contributed by atoms with E-state index < -0.39 is 6.17 Å². The van der Waals surface area contributed by atoms with E-state index in [0.717, 1.165) is 11.1 Å². The average molecular weight is 487 g/mol. The standard InChI is InChI=1S/C29H24F2N2O3/c1-2-35-27-17-20(9-16-26(27)36-18-19-7-10-21(30)11-8-19)28-32-25-6-4-3-5-24(25)29(34)33(28)23-14-12-22(31)13-15-23/h3-17,28,32H,2,18H2,1H3/t28-/m1/s1. The van der Waals surface area contributed by atoms with Crippen molar-refractivity contribution in [3.63, 3.8) is 0 Å². The first-order chi connectivity index (χ1) is 17.5. The Kier molecular flexibility index (Phi) is 6.54. The highest BCUT2D eigenvalue weighted by molar-refractivity contribution is 6.12. The maximum absolute atomic E-state index is 13.6. The second-order valence-electron chi connectivity index (χ2n) is 8.30. The van der Waals surface area contributed by atoms with Crippen LogP contribution in [0.2, 0.25) is 0 Å². The fraction of sp³-hybridized carbons (Fsp3) is 0.138. The van der Waals surface area contributed by atoms with Crippen LogP contribution in [0.3, 0.4) is 0 Å². The molecule has 1 N–H and O–H groups in total. The fourth-order valence-corrected chi connectivity index (χ4v) is 4.18. The summed E-state index contributed by atoms with van der Waals surface area (Å²) in [6, 6.07) is 24.7. The molecule has 0 spiro atoms. The van der Waals surface area contributed by atoms with Crippen molar-refractivity contribution in [1.82, 2.24) is 0 Å². The maximum atomic E-state index is 13.6. The van der Waals surface area contributed by atoms with E-state index in [1.165, 1.54) is 24.3 Å². The molecule has 0 unspecified atom stereocenters. The average Bonchev–Trinajstić information content (AvgIpc) is 2.90. The molecule has 1 aliphatic rings. The Hall–Kier alpha value is -4.39. The van der Waals surface area contributed by atoms with Gasteiger partial charge in [0.1, 0.15) is 24.4 Å². The first kappa shape index (κ1) is 23.4. The third-order valence-corrected chi connectivity index (χ3v) is 5.92. The van der Waals surface area contributed by atoms with E-state index in [2.05, 4.69) is 5.32 Å². The van der Waals surface area contributed by atoms with Gasteiger partial charge < -0.3 is 14.8 Å². The monoisotopic (exact) mass is 486 g/mol. The Balaban J connectivity index is 1.50. The molecule has 0 fully saturated rings. The summed E-state index contributed by atoms with van der Waals surface area (Å²) in [7, 11) is 0. The minimum Gasteiger partial charge on any atom is -0.490 e. The van der Waals surface area contributed by atoms with Crippen LogP contribution < -0.4 is 19.7 Å². The van der Waals surface area contributed by atoms with E-state index in [1.54, 1.807) is 41.3 Å². The van der Waals surface area contributed by atoms with Crippen molar-refractivity contribution in [3.05, 3.63) is 119 Å². The number of amides is 1. The zero-order valence-electron chi connectivity index (χ0n) is 19.6. The Morgan fingerprint density at radius 3 is 2.25 bits per heavy atom. The Labute approximate surface area is 207 Å². The van der Waals surface area contributed by atoms with E-state index in [0.29, 0.717) is 35.0 Å². The number of anilines is 2. The quantitative estimate of drug-likeness (QED) is 0.315. The number of fused-ring (bicyclic) bond motifs is 1. The number of para-hydroxylation sites is 1. The SMILES string of the molecule is CCOc1cc([C@@H]2Nc3ccccc3C(=O)N2c2ccc(F)cc2)ccc1OCc1ccc(F)cc1. The number of benzene rings is 4. The second kappa shape index (κ2) is 10.1. The first-order valence-electron chi connectivity index (χ1n) is 11.6. The van der Waals surface area contributed by atoms with Crippen LogP contribution in [0.15, 0.2) is 91.0 Å². The molecule has 1 heterocycles. The topological polar surface area (TPSA) is 50.8 Å². The molecule has 4 aromatic rings. The van der Waals surface area contributed by atoms with Crippen molar-refractivity contribution < 1.29 is 23.0 Å². The minimum atomic E-state index is -0.566. The van der Waals surface area contributed by atoms with Crippen LogP contribution >= 0.6 is 0 Å². The molecule has 5 rings (SSSR count). The third kappa shape index (κ3) is 4.73. The molecule has 7 heteroatoms. The van der Waals surface area contributed by atoms with Gasteiger partial charge in [-0.1, -0.05) is 30.3 Å². The van der Waals surface area contributed by atoms with Crippen molar-refractivity contribution >= 4 is 17.3 Å². The summed E-state index contributed by atoms with van der Waals surface area (Å²) in [6.45, 7) is 2.53. The minimum absolute atomic E-state index is 0.199. The number of hydrogen-bond donors (Lipinski definition) is 1. The van der Waals surface area contributed by atoms with E-state index in [1.807, 2.05) is 37.3 Å². The first-order valence-corrected chi connectivity index (χ1v) is 11.6. The van der Waals surface area contributed by atoms with Gasteiger partial charge in [-0.25, -0.2) is 8.78 Å². The number of hydrogen-bond acceptors (Lipinski definition) is 4. The van der Waals surface area contributed by atoms with Gasteiger partial charge in [-0.05, 0) is 78.7 Å². The molecule has 5 nitrogen and oxygen atoms in total. The number of nitrogens with one attached hydrogen (secondary N) is 1. The molecule has 0 aromatic heterocycles. The number of carbonyl (C=O) groups excluding carboxylic acids is 1. The Morgan fingerprint density at radius 2 is 1.53 bits per heavy atom. The van der Waals surface area contributed by atoms with Gasteiger partial charge in [0.05, 0.1) is 12.2 Å². The van der Waals surface area contributed by atoms with Crippen LogP contribution in [0.4, 0.5) is 20.2 Å². The predicted molar refractivity (Wildman–Crippen MR) is 134 cm³/mol. The molecule has 36 heavy (non-hydrogen) atoms. The molecule has 4 aromatic carbocycles.